The second-order valence-electron chi connectivity index (χ2n) is 8.12. The molecule has 6 rings (SSSR count). The lowest BCUT2D eigenvalue weighted by molar-refractivity contribution is 0.0331. The van der Waals surface area contributed by atoms with Gasteiger partial charge in [-0.15, -0.1) is 11.3 Å². The number of morpholine rings is 1. The summed E-state index contributed by atoms with van der Waals surface area (Å²) in [6.45, 7) is 4.08. The van der Waals surface area contributed by atoms with Crippen molar-refractivity contribution in [1.29, 1.82) is 0 Å². The van der Waals surface area contributed by atoms with Crippen LogP contribution in [0.25, 0.3) is 16.2 Å². The first kappa shape index (κ1) is 19.7. The minimum atomic E-state index is 0.536. The number of hydrogen-bond donors (Lipinski definition) is 1. The van der Waals surface area contributed by atoms with E-state index in [1.807, 2.05) is 17.5 Å². The van der Waals surface area contributed by atoms with E-state index in [0.29, 0.717) is 5.95 Å². The fraction of sp³-hybridized carbons (Fsp3) is 0.409. The van der Waals surface area contributed by atoms with Crippen LogP contribution in [0.1, 0.15) is 29.1 Å². The number of thiophene rings is 1. The van der Waals surface area contributed by atoms with Crippen LogP contribution in [0.3, 0.4) is 0 Å². The summed E-state index contributed by atoms with van der Waals surface area (Å²) in [6, 6.07) is 1.79. The summed E-state index contributed by atoms with van der Waals surface area (Å²) in [5, 5.41) is 9.11. The molecule has 0 bridgehead atoms. The molecule has 1 fully saturated rings. The van der Waals surface area contributed by atoms with E-state index < -0.39 is 0 Å². The first-order chi connectivity index (χ1) is 15.8. The van der Waals surface area contributed by atoms with Gasteiger partial charge in [-0.1, -0.05) is 0 Å². The van der Waals surface area contributed by atoms with E-state index in [1.54, 1.807) is 29.3 Å². The molecule has 1 aliphatic heterocycles. The summed E-state index contributed by atoms with van der Waals surface area (Å²) >= 11 is 1.83. The molecule has 0 amide bonds. The number of aryl methyl sites for hydroxylation is 2. The van der Waals surface area contributed by atoms with Gasteiger partial charge in [-0.2, -0.15) is 5.10 Å². The lowest BCUT2D eigenvalue weighted by Gasteiger charge is -2.25. The minimum absolute atomic E-state index is 0.536. The number of rotatable bonds is 5. The molecule has 0 aromatic carbocycles. The first-order valence-electron chi connectivity index (χ1n) is 11.0. The molecule has 164 valence electrons. The third-order valence-electron chi connectivity index (χ3n) is 5.93. The van der Waals surface area contributed by atoms with Crippen LogP contribution in [-0.2, 0) is 24.1 Å². The highest BCUT2D eigenvalue weighted by molar-refractivity contribution is 7.19. The van der Waals surface area contributed by atoms with Crippen LogP contribution in [0.4, 0.5) is 11.5 Å². The van der Waals surface area contributed by atoms with E-state index in [1.165, 1.54) is 28.7 Å². The van der Waals surface area contributed by atoms with Gasteiger partial charge in [-0.25, -0.2) is 24.6 Å². The van der Waals surface area contributed by atoms with E-state index in [2.05, 4.69) is 25.3 Å². The van der Waals surface area contributed by atoms with E-state index in [9.17, 15) is 0 Å². The van der Waals surface area contributed by atoms with E-state index in [0.717, 1.165) is 67.8 Å². The first-order valence-corrected chi connectivity index (χ1v) is 11.9. The second-order valence-corrected chi connectivity index (χ2v) is 9.20. The number of nitrogens with one attached hydrogen (secondary N) is 1. The molecule has 1 aliphatic carbocycles. The monoisotopic (exact) mass is 448 g/mol. The van der Waals surface area contributed by atoms with Crippen LogP contribution in [0.2, 0.25) is 0 Å². The van der Waals surface area contributed by atoms with Crippen molar-refractivity contribution in [2.45, 2.75) is 32.2 Å². The molecule has 5 heterocycles. The van der Waals surface area contributed by atoms with Gasteiger partial charge in [0.1, 0.15) is 16.5 Å². The maximum absolute atomic E-state index is 5.49. The Kier molecular flexibility index (Phi) is 5.26. The number of anilines is 2. The molecule has 0 unspecified atom stereocenters. The Bertz CT molecular complexity index is 1230. The van der Waals surface area contributed by atoms with E-state index >= 15 is 0 Å². The average Bonchev–Trinajstić information content (AvgIpc) is 3.45. The van der Waals surface area contributed by atoms with E-state index in [4.69, 9.17) is 14.7 Å². The highest BCUT2D eigenvalue weighted by Crippen LogP contribution is 2.39. The molecule has 2 aliphatic rings. The Labute approximate surface area is 189 Å². The highest BCUT2D eigenvalue weighted by atomic mass is 32.1. The van der Waals surface area contributed by atoms with Crippen LogP contribution in [0.5, 0.6) is 0 Å². The predicted molar refractivity (Wildman–Crippen MR) is 123 cm³/mol. The summed E-state index contributed by atoms with van der Waals surface area (Å²) in [5.74, 6) is 2.25. The van der Waals surface area contributed by atoms with Gasteiger partial charge >= 0.3 is 0 Å². The van der Waals surface area contributed by atoms with Crippen molar-refractivity contribution in [3.05, 3.63) is 47.1 Å². The third kappa shape index (κ3) is 3.85. The number of aromatic nitrogens is 6. The van der Waals surface area contributed by atoms with Crippen LogP contribution >= 0.6 is 11.3 Å². The van der Waals surface area contributed by atoms with Crippen LogP contribution in [-0.4, -0.2) is 60.9 Å². The van der Waals surface area contributed by atoms with Gasteiger partial charge in [0.25, 0.3) is 0 Å². The van der Waals surface area contributed by atoms with Crippen molar-refractivity contribution in [2.24, 2.45) is 0 Å². The van der Waals surface area contributed by atoms with Gasteiger partial charge in [-0.05, 0) is 37.3 Å². The fourth-order valence-corrected chi connectivity index (χ4v) is 5.65. The van der Waals surface area contributed by atoms with Crippen molar-refractivity contribution in [2.75, 3.05) is 31.6 Å². The standard InChI is InChI=1S/C22H24N8OS/c1-2-5-17-16(4-1)19-20(26-15-12-25-30(13-15)22-23-6-3-7-24-22)27-18(28-21(19)32-17)14-29-8-10-31-11-9-29/h3,6-7,12-13H,1-2,4-5,8-11,14H2,(H,26,27,28). The Morgan fingerprint density at radius 3 is 2.78 bits per heavy atom. The Morgan fingerprint density at radius 2 is 1.91 bits per heavy atom. The summed E-state index contributed by atoms with van der Waals surface area (Å²) in [4.78, 5) is 23.4. The van der Waals surface area contributed by atoms with E-state index in [-0.39, 0.29) is 0 Å². The Hall–Kier alpha value is -2.95. The van der Waals surface area contributed by atoms with Gasteiger partial charge in [-0.3, -0.25) is 4.90 Å². The van der Waals surface area contributed by atoms with Crippen molar-refractivity contribution in [3.63, 3.8) is 0 Å². The fourth-order valence-electron chi connectivity index (χ4n) is 4.37. The molecular weight excluding hydrogens is 424 g/mol. The largest absolute Gasteiger partial charge is 0.379 e. The lowest BCUT2D eigenvalue weighted by atomic mass is 9.97. The zero-order chi connectivity index (χ0) is 21.3. The maximum atomic E-state index is 5.49. The topological polar surface area (TPSA) is 93.9 Å². The molecule has 0 atom stereocenters. The van der Waals surface area contributed by atoms with Crippen LogP contribution < -0.4 is 5.32 Å². The molecule has 32 heavy (non-hydrogen) atoms. The molecule has 0 saturated carbocycles. The molecule has 9 nitrogen and oxygen atoms in total. The average molecular weight is 449 g/mol. The summed E-state index contributed by atoms with van der Waals surface area (Å²) in [7, 11) is 0. The maximum Gasteiger partial charge on any atom is 0.250 e. The Balaban J connectivity index is 1.37. The highest BCUT2D eigenvalue weighted by Gasteiger charge is 2.22. The van der Waals surface area contributed by atoms with Crippen LogP contribution in [0, 0.1) is 0 Å². The second kappa shape index (κ2) is 8.53. The third-order valence-corrected chi connectivity index (χ3v) is 7.12. The number of hydrogen-bond acceptors (Lipinski definition) is 9. The van der Waals surface area contributed by atoms with Crippen molar-refractivity contribution in [3.8, 4) is 5.95 Å². The number of ether oxygens (including phenoxy) is 1. The molecule has 1 saturated heterocycles. The number of fused-ring (bicyclic) bond motifs is 3. The molecule has 1 N–H and O–H groups in total. The molecule has 0 spiro atoms. The summed E-state index contributed by atoms with van der Waals surface area (Å²) in [6.07, 6.45) is 11.8. The molecule has 10 heteroatoms. The zero-order valence-corrected chi connectivity index (χ0v) is 18.5. The normalized spacial score (nSPS) is 16.9. The van der Waals surface area contributed by atoms with Gasteiger partial charge in [0, 0.05) is 30.4 Å². The molecule has 4 aromatic heterocycles. The molecular formula is C22H24N8OS. The summed E-state index contributed by atoms with van der Waals surface area (Å²) < 4.78 is 7.16. The van der Waals surface area contributed by atoms with Gasteiger partial charge < -0.3 is 10.1 Å². The predicted octanol–water partition coefficient (Wildman–Crippen LogP) is 3.12. The number of nitrogens with zero attached hydrogens (tertiary/aromatic N) is 7. The molecule has 0 radical (unpaired) electrons. The lowest BCUT2D eigenvalue weighted by Crippen LogP contribution is -2.36. The van der Waals surface area contributed by atoms with Gasteiger partial charge in [0.05, 0.1) is 43.2 Å². The van der Waals surface area contributed by atoms with Crippen LogP contribution in [0.15, 0.2) is 30.9 Å². The van der Waals surface area contributed by atoms with Gasteiger partial charge in [0.15, 0.2) is 0 Å². The smallest absolute Gasteiger partial charge is 0.250 e. The Morgan fingerprint density at radius 1 is 1.06 bits per heavy atom. The minimum Gasteiger partial charge on any atom is -0.379 e. The van der Waals surface area contributed by atoms with Crippen molar-refractivity contribution in [1.82, 2.24) is 34.6 Å². The van der Waals surface area contributed by atoms with Crippen molar-refractivity contribution < 1.29 is 4.74 Å². The molecule has 4 aromatic rings. The summed E-state index contributed by atoms with van der Waals surface area (Å²) in [5.41, 5.74) is 2.26. The quantitative estimate of drug-likeness (QED) is 0.498. The SMILES string of the molecule is c1cnc(-n2cc(Nc3nc(CN4CCOCC4)nc4sc5c(c34)CCCC5)cn2)nc1. The van der Waals surface area contributed by atoms with Crippen molar-refractivity contribution >= 4 is 33.1 Å². The van der Waals surface area contributed by atoms with Gasteiger partial charge in [0.2, 0.25) is 5.95 Å². The zero-order valence-electron chi connectivity index (χ0n) is 17.7.